The van der Waals surface area contributed by atoms with E-state index in [0.29, 0.717) is 46.0 Å². The molecule has 0 bridgehead atoms. The van der Waals surface area contributed by atoms with Gasteiger partial charge in [0.15, 0.2) is 0 Å². The number of carbonyl (C=O) groups is 1. The summed E-state index contributed by atoms with van der Waals surface area (Å²) in [4.78, 5) is 24.3. The number of nitriles is 1. The second-order valence-electron chi connectivity index (χ2n) is 13.0. The Morgan fingerprint density at radius 2 is 1.91 bits per heavy atom. The summed E-state index contributed by atoms with van der Waals surface area (Å²) in [6.07, 6.45) is 7.27. The molecule has 2 aromatic heterocycles. The van der Waals surface area contributed by atoms with Gasteiger partial charge in [0, 0.05) is 6.07 Å². The van der Waals surface area contributed by atoms with E-state index in [1.807, 2.05) is 24.3 Å². The molecule has 3 aliphatic rings. The van der Waals surface area contributed by atoms with Crippen molar-refractivity contribution in [1.29, 1.82) is 5.26 Å². The number of benzene rings is 2. The van der Waals surface area contributed by atoms with Gasteiger partial charge < -0.3 is 4.74 Å². The molecule has 47 heavy (non-hydrogen) atoms. The van der Waals surface area contributed by atoms with E-state index in [2.05, 4.69) is 29.9 Å². The first kappa shape index (κ1) is 31.3. The Morgan fingerprint density at radius 3 is 2.60 bits per heavy atom. The van der Waals surface area contributed by atoms with Crippen molar-refractivity contribution in [2.24, 2.45) is 0 Å². The van der Waals surface area contributed by atoms with Gasteiger partial charge in [-0.05, 0) is 18.2 Å². The van der Waals surface area contributed by atoms with Gasteiger partial charge in [0.25, 0.3) is 0 Å². The molecule has 1 aliphatic carbocycles. The molecule has 2 aliphatic heterocycles. The van der Waals surface area contributed by atoms with Crippen LogP contribution >= 0.6 is 0 Å². The Bertz CT molecular complexity index is 1880. The van der Waals surface area contributed by atoms with Crippen LogP contribution in [0.15, 0.2) is 66.5 Å². The van der Waals surface area contributed by atoms with Crippen LogP contribution in [0.3, 0.4) is 0 Å². The summed E-state index contributed by atoms with van der Waals surface area (Å²) in [5, 5.41) is 15.5. The number of piperidine rings is 1. The van der Waals surface area contributed by atoms with Gasteiger partial charge in [-0.3, -0.25) is 0 Å². The van der Waals surface area contributed by atoms with E-state index in [4.69, 9.17) is 20.3 Å². The van der Waals surface area contributed by atoms with Crippen molar-refractivity contribution in [2.45, 2.75) is 59.2 Å². The number of likely N-dealkylation sites (tertiary alicyclic amines) is 1. The molecule has 1 amide bonds. The number of hydrogen-bond acceptors (Lipinski definition) is 8. The molecule has 12 heteroatoms. The molecule has 10 nitrogen and oxygen atoms in total. The number of para-hydroxylation sites is 1. The van der Waals surface area contributed by atoms with Gasteiger partial charge in [0.1, 0.15) is 11.5 Å². The Balaban J connectivity index is 1.16. The molecule has 7 rings (SSSR count). The second-order valence-corrected chi connectivity index (χ2v) is 20.2. The molecule has 2 saturated heterocycles. The zero-order chi connectivity index (χ0) is 32.7. The molecule has 2 N–H and O–H groups in total. The molecular weight excluding hydrogens is 660 g/mol. The number of rotatable bonds is 9. The molecule has 2 atom stereocenters. The van der Waals surface area contributed by atoms with Gasteiger partial charge in [-0.2, -0.15) is 0 Å². The van der Waals surface area contributed by atoms with E-state index in [9.17, 15) is 10.1 Å². The Labute approximate surface area is 277 Å². The van der Waals surface area contributed by atoms with Crippen LogP contribution in [0.2, 0.25) is 13.6 Å². The number of hydrogen-bond donors (Lipinski definition) is 1. The summed E-state index contributed by atoms with van der Waals surface area (Å²) < 4.78 is 29.9. The van der Waals surface area contributed by atoms with Gasteiger partial charge in [-0.25, -0.2) is 4.39 Å². The molecule has 4 aromatic rings. The van der Waals surface area contributed by atoms with E-state index in [1.165, 1.54) is 25.2 Å². The number of carbonyl (C=O) groups excluding carboxylic acids is 1. The predicted octanol–water partition coefficient (Wildman–Crippen LogP) is 6.46. The van der Waals surface area contributed by atoms with Crippen LogP contribution in [0.1, 0.15) is 45.6 Å². The van der Waals surface area contributed by atoms with Crippen molar-refractivity contribution in [3.8, 4) is 28.8 Å². The fourth-order valence-electron chi connectivity index (χ4n) is 6.87. The fourth-order valence-corrected chi connectivity index (χ4v) is 15.2. The average Bonchev–Trinajstić information content (AvgIpc) is 3.81. The summed E-state index contributed by atoms with van der Waals surface area (Å²) in [5.41, 5.74) is 7.56. The summed E-state index contributed by atoms with van der Waals surface area (Å²) >= 11 is -1.40. The number of nitrogens with zero attached hydrogens (tertiary/aromatic N) is 6. The third-order valence-corrected chi connectivity index (χ3v) is 17.3. The molecule has 1 saturated carbocycles. The summed E-state index contributed by atoms with van der Waals surface area (Å²) in [6, 6.07) is 15.8. The quantitative estimate of drug-likeness (QED) is 0.120. The van der Waals surface area contributed by atoms with E-state index in [0.717, 1.165) is 30.8 Å². The SMILES string of the molecule is CC(C)(/C=C(/C#N)C(=O)N1CCC[C@H](n2nc(-c3ccc(Oc4ccccc4)cc3F)c3c(N)ncnc32)C1)[As](C1CC1)C1COC1. The fraction of sp³-hybridized carbons (Fsp3) is 0.400. The van der Waals surface area contributed by atoms with Crippen LogP contribution in [-0.4, -0.2) is 71.5 Å². The first-order valence-corrected chi connectivity index (χ1v) is 19.1. The topological polar surface area (TPSA) is 132 Å². The van der Waals surface area contributed by atoms with E-state index >= 15 is 4.39 Å². The molecule has 242 valence electrons. The van der Waals surface area contributed by atoms with Crippen molar-refractivity contribution in [3.63, 3.8) is 0 Å². The monoisotopic (exact) mass is 697 g/mol. The number of halogens is 1. The van der Waals surface area contributed by atoms with Crippen LogP contribution in [0.25, 0.3) is 22.3 Å². The maximum atomic E-state index is 15.7. The van der Waals surface area contributed by atoms with Gasteiger partial charge in [-0.1, -0.05) is 18.2 Å². The van der Waals surface area contributed by atoms with E-state index in [1.54, 1.807) is 33.8 Å². The number of ether oxygens (including phenoxy) is 2. The number of nitrogens with two attached hydrogens (primary N) is 1. The Hall–Kier alpha value is -4.26. The average molecular weight is 698 g/mol. The number of anilines is 1. The minimum absolute atomic E-state index is 0.175. The van der Waals surface area contributed by atoms with Crippen molar-refractivity contribution >= 4 is 37.4 Å². The van der Waals surface area contributed by atoms with Gasteiger partial charge in [0.05, 0.1) is 0 Å². The van der Waals surface area contributed by atoms with Crippen LogP contribution in [0, 0.1) is 17.1 Å². The van der Waals surface area contributed by atoms with Crippen molar-refractivity contribution in [1.82, 2.24) is 24.6 Å². The number of allylic oxidation sites excluding steroid dienone is 1. The van der Waals surface area contributed by atoms with Crippen LogP contribution in [-0.2, 0) is 9.53 Å². The zero-order valence-corrected chi connectivity index (χ0v) is 28.3. The molecule has 3 fully saturated rings. The first-order valence-electron chi connectivity index (χ1n) is 16.0. The number of fused-ring (bicyclic) bond motifs is 1. The van der Waals surface area contributed by atoms with Crippen LogP contribution in [0.5, 0.6) is 11.5 Å². The molecule has 1 unspecified atom stereocenters. The van der Waals surface area contributed by atoms with Crippen molar-refractivity contribution < 1.29 is 18.7 Å². The molecular formula is C35H37AsFN7O3. The van der Waals surface area contributed by atoms with E-state index < -0.39 is 20.5 Å². The Morgan fingerprint density at radius 1 is 1.13 bits per heavy atom. The normalized spacial score (nSPS) is 19.7. The Kier molecular flexibility index (Phi) is 8.50. The maximum absolute atomic E-state index is 15.7. The van der Waals surface area contributed by atoms with Crippen molar-refractivity contribution in [3.05, 3.63) is 72.3 Å². The molecule has 0 spiro atoms. The molecule has 0 radical (unpaired) electrons. The summed E-state index contributed by atoms with van der Waals surface area (Å²) in [6.45, 7) is 6.89. The van der Waals surface area contributed by atoms with Crippen LogP contribution < -0.4 is 10.5 Å². The second kappa shape index (κ2) is 12.7. The summed E-state index contributed by atoms with van der Waals surface area (Å²) in [7, 11) is 0. The predicted molar refractivity (Wildman–Crippen MR) is 178 cm³/mol. The zero-order valence-electron chi connectivity index (χ0n) is 26.5. The minimum atomic E-state index is -1.40. The molecule has 4 heterocycles. The summed E-state index contributed by atoms with van der Waals surface area (Å²) in [5.74, 6) is 0.350. The third-order valence-electron chi connectivity index (χ3n) is 9.19. The van der Waals surface area contributed by atoms with Gasteiger partial charge >= 0.3 is 215 Å². The molecule has 2 aromatic carbocycles. The standard InChI is InChI=1S/C35H37AsFN7O3/c1-35(2,36(23-10-11-23)24-19-46-20-24)16-22(17-38)34(45)43-14-6-7-25(18-43)44-33-30(32(39)40-21-41-33)31(42-44)28-13-12-27(15-29(28)37)47-26-8-4-3-5-9-26/h3-5,8-9,12-13,15-16,21,23-25H,6-7,10-11,14,18-20H2,1-2H3,(H2,39,40,41)/b22-16-/t25-,36?/m0/s1. The van der Waals surface area contributed by atoms with Gasteiger partial charge in [-0.15, -0.1) is 0 Å². The van der Waals surface area contributed by atoms with Crippen LogP contribution in [0.4, 0.5) is 10.2 Å². The van der Waals surface area contributed by atoms with Gasteiger partial charge in [0.2, 0.25) is 0 Å². The number of amides is 1. The first-order chi connectivity index (χ1) is 22.7. The number of aromatic nitrogens is 4. The van der Waals surface area contributed by atoms with Crippen molar-refractivity contribution in [2.75, 3.05) is 32.0 Å². The van der Waals surface area contributed by atoms with E-state index in [-0.39, 0.29) is 33.1 Å². The number of nitrogen functional groups attached to an aromatic ring is 1. The third kappa shape index (κ3) is 6.24.